The first-order valence-electron chi connectivity index (χ1n) is 11.7. The number of nitrogens with one attached hydrogen (secondary N) is 2. The van der Waals surface area contributed by atoms with Crippen LogP contribution in [0.1, 0.15) is 86.2 Å². The Kier molecular flexibility index (Phi) is 8.19. The van der Waals surface area contributed by atoms with Gasteiger partial charge >= 0.3 is 12.1 Å². The van der Waals surface area contributed by atoms with Crippen molar-refractivity contribution in [1.29, 1.82) is 0 Å². The van der Waals surface area contributed by atoms with Gasteiger partial charge in [0.05, 0.1) is 34.7 Å². The number of rotatable bonds is 9. The van der Waals surface area contributed by atoms with Crippen molar-refractivity contribution in [2.24, 2.45) is 0 Å². The largest absolute Gasteiger partial charge is 0.462 e. The number of unbranched alkanes of at least 4 members (excludes halogenated alkanes) is 1. The Morgan fingerprint density at radius 2 is 1.83 bits per heavy atom. The van der Waals surface area contributed by atoms with Crippen LogP contribution in [0.3, 0.4) is 0 Å². The number of nitrogens with zero attached hydrogens (tertiary/aromatic N) is 1. The number of aromatic nitrogens is 2. The van der Waals surface area contributed by atoms with Crippen molar-refractivity contribution in [3.63, 3.8) is 0 Å². The molecule has 3 rings (SSSR count). The summed E-state index contributed by atoms with van der Waals surface area (Å²) in [7, 11) is 0. The summed E-state index contributed by atoms with van der Waals surface area (Å²) in [5.41, 5.74) is -0.450. The van der Waals surface area contributed by atoms with E-state index in [1.165, 1.54) is 6.07 Å². The molecule has 0 unspecified atom stereocenters. The first kappa shape index (κ1) is 26.2. The van der Waals surface area contributed by atoms with E-state index in [2.05, 4.69) is 15.3 Å². The van der Waals surface area contributed by atoms with Gasteiger partial charge in [0.25, 0.3) is 5.56 Å². The molecule has 9 heteroatoms. The second kappa shape index (κ2) is 10.9. The van der Waals surface area contributed by atoms with E-state index in [0.717, 1.165) is 18.9 Å². The zero-order valence-corrected chi connectivity index (χ0v) is 20.3. The standard InChI is InChI=1S/C26H30F3N3O3/c1-5-7-12-35-25(34)16-8-10-17(11-9-16)30-21(6-2)18-13-19-22(14-20(18)26(27,28)29)31-23(15(3)4)32-24(19)33/h8-11,13-15,21,30H,5-7,12H2,1-4H3,(H,31,32,33)/t21-/m0/s1. The second-order valence-electron chi connectivity index (χ2n) is 8.73. The van der Waals surface area contributed by atoms with Gasteiger partial charge in [0.2, 0.25) is 0 Å². The summed E-state index contributed by atoms with van der Waals surface area (Å²) < 4.78 is 47.3. The predicted octanol–water partition coefficient (Wildman–Crippen LogP) is 6.59. The van der Waals surface area contributed by atoms with Gasteiger partial charge < -0.3 is 15.0 Å². The number of hydrogen-bond donors (Lipinski definition) is 2. The van der Waals surface area contributed by atoms with Crippen molar-refractivity contribution >= 4 is 22.6 Å². The number of carbonyl (C=O) groups is 1. The highest BCUT2D eigenvalue weighted by molar-refractivity contribution is 5.89. The number of ether oxygens (including phenoxy) is 1. The fourth-order valence-electron chi connectivity index (χ4n) is 3.72. The molecular weight excluding hydrogens is 459 g/mol. The van der Waals surface area contributed by atoms with Crippen LogP contribution < -0.4 is 10.9 Å². The summed E-state index contributed by atoms with van der Waals surface area (Å²) in [6, 6.07) is 7.86. The first-order chi connectivity index (χ1) is 16.5. The lowest BCUT2D eigenvalue weighted by atomic mass is 9.95. The molecule has 6 nitrogen and oxygen atoms in total. The van der Waals surface area contributed by atoms with Crippen molar-refractivity contribution in [1.82, 2.24) is 9.97 Å². The summed E-state index contributed by atoms with van der Waals surface area (Å²) >= 11 is 0. The van der Waals surface area contributed by atoms with Gasteiger partial charge in [0.15, 0.2) is 0 Å². The number of H-pyrrole nitrogens is 1. The molecule has 35 heavy (non-hydrogen) atoms. The van der Waals surface area contributed by atoms with Gasteiger partial charge in [-0.25, -0.2) is 9.78 Å². The summed E-state index contributed by atoms with van der Waals surface area (Å²) in [4.78, 5) is 31.7. The summed E-state index contributed by atoms with van der Waals surface area (Å²) in [5.74, 6) is -0.252. The lowest BCUT2D eigenvalue weighted by molar-refractivity contribution is -0.138. The molecule has 0 aliphatic rings. The summed E-state index contributed by atoms with van der Waals surface area (Å²) in [5, 5.41) is 3.20. The smallest absolute Gasteiger partial charge is 0.416 e. The zero-order chi connectivity index (χ0) is 25.8. The number of aromatic amines is 1. The molecule has 0 fully saturated rings. The minimum Gasteiger partial charge on any atom is -0.462 e. The van der Waals surface area contributed by atoms with Crippen LogP contribution >= 0.6 is 0 Å². The Balaban J connectivity index is 1.96. The fraction of sp³-hybridized carbons (Fsp3) is 0.423. The molecule has 1 aromatic heterocycles. The number of hydrogen-bond acceptors (Lipinski definition) is 5. The second-order valence-corrected chi connectivity index (χ2v) is 8.73. The molecule has 0 amide bonds. The number of benzene rings is 2. The molecule has 2 N–H and O–H groups in total. The molecule has 188 valence electrons. The van der Waals surface area contributed by atoms with Gasteiger partial charge in [-0.2, -0.15) is 13.2 Å². The highest BCUT2D eigenvalue weighted by Crippen LogP contribution is 2.38. The van der Waals surface area contributed by atoms with Gasteiger partial charge in [-0.1, -0.05) is 34.1 Å². The lowest BCUT2D eigenvalue weighted by Gasteiger charge is -2.23. The molecule has 0 radical (unpaired) electrons. The maximum Gasteiger partial charge on any atom is 0.416 e. The molecule has 0 aliphatic heterocycles. The number of esters is 1. The topological polar surface area (TPSA) is 84.1 Å². The third-order valence-electron chi connectivity index (χ3n) is 5.72. The predicted molar refractivity (Wildman–Crippen MR) is 130 cm³/mol. The maximum atomic E-state index is 14.0. The van der Waals surface area contributed by atoms with Crippen LogP contribution in [0.25, 0.3) is 10.9 Å². The van der Waals surface area contributed by atoms with E-state index in [9.17, 15) is 22.8 Å². The number of halogens is 3. The highest BCUT2D eigenvalue weighted by Gasteiger charge is 2.36. The Hall–Kier alpha value is -3.36. The van der Waals surface area contributed by atoms with Gasteiger partial charge in [-0.15, -0.1) is 0 Å². The van der Waals surface area contributed by atoms with Gasteiger partial charge in [0, 0.05) is 11.6 Å². The van der Waals surface area contributed by atoms with E-state index in [1.807, 2.05) is 6.92 Å². The van der Waals surface area contributed by atoms with Crippen molar-refractivity contribution in [3.8, 4) is 0 Å². The van der Waals surface area contributed by atoms with Gasteiger partial charge in [-0.3, -0.25) is 4.79 Å². The van der Waals surface area contributed by atoms with Gasteiger partial charge in [-0.05, 0) is 54.8 Å². The molecule has 0 spiro atoms. The maximum absolute atomic E-state index is 14.0. The summed E-state index contributed by atoms with van der Waals surface area (Å²) in [6.07, 6.45) is -2.63. The molecule has 0 saturated heterocycles. The number of anilines is 1. The Morgan fingerprint density at radius 1 is 1.14 bits per heavy atom. The molecular formula is C26H30F3N3O3. The van der Waals surface area contributed by atoms with Crippen LogP contribution in [0.15, 0.2) is 41.2 Å². The lowest BCUT2D eigenvalue weighted by Crippen LogP contribution is -2.20. The normalized spacial score (nSPS) is 12.7. The van der Waals surface area contributed by atoms with E-state index >= 15 is 0 Å². The number of carbonyl (C=O) groups excluding carboxylic acids is 1. The number of alkyl halides is 3. The van der Waals surface area contributed by atoms with E-state index in [-0.39, 0.29) is 22.4 Å². The average molecular weight is 490 g/mol. The Bertz CT molecular complexity index is 1230. The Morgan fingerprint density at radius 3 is 2.40 bits per heavy atom. The van der Waals surface area contributed by atoms with Crippen molar-refractivity contribution in [3.05, 3.63) is 69.3 Å². The van der Waals surface area contributed by atoms with Crippen LogP contribution in [0.2, 0.25) is 0 Å². The Labute approximate surface area is 201 Å². The molecule has 0 bridgehead atoms. The molecule has 1 heterocycles. The average Bonchev–Trinajstić information content (AvgIpc) is 2.81. The summed E-state index contributed by atoms with van der Waals surface area (Å²) in [6.45, 7) is 7.69. The fourth-order valence-corrected chi connectivity index (χ4v) is 3.72. The third-order valence-corrected chi connectivity index (χ3v) is 5.72. The molecule has 2 aromatic carbocycles. The molecule has 3 aromatic rings. The third kappa shape index (κ3) is 6.21. The van der Waals surface area contributed by atoms with E-state index < -0.39 is 29.3 Å². The van der Waals surface area contributed by atoms with Crippen LogP contribution in [0.4, 0.5) is 18.9 Å². The van der Waals surface area contributed by atoms with E-state index in [4.69, 9.17) is 4.74 Å². The molecule has 0 aliphatic carbocycles. The quantitative estimate of drug-likeness (QED) is 0.262. The highest BCUT2D eigenvalue weighted by atomic mass is 19.4. The van der Waals surface area contributed by atoms with Crippen molar-refractivity contribution < 1.29 is 22.7 Å². The van der Waals surface area contributed by atoms with Crippen molar-refractivity contribution in [2.75, 3.05) is 11.9 Å². The monoisotopic (exact) mass is 489 g/mol. The first-order valence-corrected chi connectivity index (χ1v) is 11.7. The van der Waals surface area contributed by atoms with Crippen LogP contribution in [0.5, 0.6) is 0 Å². The zero-order valence-electron chi connectivity index (χ0n) is 20.3. The minimum absolute atomic E-state index is 0.00863. The van der Waals surface area contributed by atoms with E-state index in [0.29, 0.717) is 30.1 Å². The van der Waals surface area contributed by atoms with E-state index in [1.54, 1.807) is 45.0 Å². The van der Waals surface area contributed by atoms with Crippen LogP contribution in [0, 0.1) is 0 Å². The minimum atomic E-state index is -4.63. The number of fused-ring (bicyclic) bond motifs is 1. The van der Waals surface area contributed by atoms with Crippen LogP contribution in [-0.2, 0) is 10.9 Å². The molecule has 1 atom stereocenters. The van der Waals surface area contributed by atoms with Crippen LogP contribution in [-0.4, -0.2) is 22.5 Å². The molecule has 0 saturated carbocycles. The SMILES string of the molecule is CCCCOC(=O)c1ccc(N[C@@H](CC)c2cc3c(=O)[nH]c(C(C)C)nc3cc2C(F)(F)F)cc1. The van der Waals surface area contributed by atoms with Gasteiger partial charge in [0.1, 0.15) is 5.82 Å². The van der Waals surface area contributed by atoms with Crippen molar-refractivity contribution in [2.45, 2.75) is 65.1 Å².